The lowest BCUT2D eigenvalue weighted by Crippen LogP contribution is -2.39. The van der Waals surface area contributed by atoms with Crippen LogP contribution >= 0.6 is 0 Å². The number of amides is 1. The first kappa shape index (κ1) is 16.7. The molecule has 1 saturated heterocycles. The molecular formula is C21H23N3O2. The van der Waals surface area contributed by atoms with E-state index in [-0.39, 0.29) is 11.9 Å². The van der Waals surface area contributed by atoms with E-state index in [1.54, 1.807) is 0 Å². The fraction of sp³-hybridized carbons (Fsp3) is 0.286. The minimum absolute atomic E-state index is 0.137. The molecule has 5 heteroatoms. The summed E-state index contributed by atoms with van der Waals surface area (Å²) in [6, 6.07) is 18.2. The summed E-state index contributed by atoms with van der Waals surface area (Å²) < 4.78 is 5.85. The van der Waals surface area contributed by atoms with Gasteiger partial charge in [0, 0.05) is 17.6 Å². The standard InChI is InChI=1S/C21H23N3O2/c22-21(25)19-8-4-10-24(19)14-15-5-3-7-17(11-15)23-13-18-12-16-6-1-2-9-20(16)26-18/h1-3,5-7,9,11-12,19,23H,4,8,10,13-14H2,(H2,22,25)/t19-/m0/s1. The van der Waals surface area contributed by atoms with Crippen LogP contribution in [0.2, 0.25) is 0 Å². The molecule has 1 atom stereocenters. The Morgan fingerprint density at radius 1 is 1.19 bits per heavy atom. The van der Waals surface area contributed by atoms with E-state index < -0.39 is 0 Å². The molecular weight excluding hydrogens is 326 g/mol. The molecule has 1 aliphatic rings. The molecule has 1 aliphatic heterocycles. The number of fused-ring (bicyclic) bond motifs is 1. The lowest BCUT2D eigenvalue weighted by molar-refractivity contribution is -0.122. The number of benzene rings is 2. The lowest BCUT2D eigenvalue weighted by atomic mass is 10.1. The minimum Gasteiger partial charge on any atom is -0.459 e. The Labute approximate surface area is 152 Å². The monoisotopic (exact) mass is 349 g/mol. The summed E-state index contributed by atoms with van der Waals surface area (Å²) in [4.78, 5) is 13.7. The van der Waals surface area contributed by atoms with Gasteiger partial charge in [0.2, 0.25) is 5.91 Å². The van der Waals surface area contributed by atoms with Crippen LogP contribution < -0.4 is 11.1 Å². The molecule has 2 heterocycles. The van der Waals surface area contributed by atoms with Gasteiger partial charge in [-0.3, -0.25) is 9.69 Å². The quantitative estimate of drug-likeness (QED) is 0.714. The van der Waals surface area contributed by atoms with Crippen LogP contribution in [0.25, 0.3) is 11.0 Å². The van der Waals surface area contributed by atoms with E-state index in [1.807, 2.05) is 36.4 Å². The van der Waals surface area contributed by atoms with E-state index in [0.29, 0.717) is 6.54 Å². The van der Waals surface area contributed by atoms with Crippen molar-refractivity contribution in [3.8, 4) is 0 Å². The number of carbonyl (C=O) groups excluding carboxylic acids is 1. The van der Waals surface area contributed by atoms with Crippen molar-refractivity contribution in [3.05, 3.63) is 65.9 Å². The molecule has 1 amide bonds. The Morgan fingerprint density at radius 3 is 2.92 bits per heavy atom. The number of rotatable bonds is 6. The molecule has 26 heavy (non-hydrogen) atoms. The van der Waals surface area contributed by atoms with Gasteiger partial charge in [-0.2, -0.15) is 0 Å². The van der Waals surface area contributed by atoms with Gasteiger partial charge >= 0.3 is 0 Å². The van der Waals surface area contributed by atoms with Crippen molar-refractivity contribution in [1.82, 2.24) is 4.90 Å². The third kappa shape index (κ3) is 3.58. The molecule has 4 rings (SSSR count). The zero-order valence-corrected chi connectivity index (χ0v) is 14.7. The van der Waals surface area contributed by atoms with Crippen molar-refractivity contribution in [2.45, 2.75) is 32.0 Å². The van der Waals surface area contributed by atoms with Crippen LogP contribution in [0.4, 0.5) is 5.69 Å². The van der Waals surface area contributed by atoms with Crippen LogP contribution in [0, 0.1) is 0 Å². The molecule has 0 unspecified atom stereocenters. The van der Waals surface area contributed by atoms with E-state index in [2.05, 4.69) is 28.4 Å². The van der Waals surface area contributed by atoms with Crippen LogP contribution in [-0.4, -0.2) is 23.4 Å². The number of nitrogens with two attached hydrogens (primary N) is 1. The summed E-state index contributed by atoms with van der Waals surface area (Å²) in [6.07, 6.45) is 1.89. The average molecular weight is 349 g/mol. The number of primary amides is 1. The van der Waals surface area contributed by atoms with E-state index in [4.69, 9.17) is 10.2 Å². The number of para-hydroxylation sites is 1. The Balaban J connectivity index is 1.41. The molecule has 134 valence electrons. The first-order valence-electron chi connectivity index (χ1n) is 9.03. The molecule has 0 aliphatic carbocycles. The van der Waals surface area contributed by atoms with Crippen molar-refractivity contribution < 1.29 is 9.21 Å². The Bertz CT molecular complexity index is 885. The van der Waals surface area contributed by atoms with Crippen molar-refractivity contribution >= 4 is 22.6 Å². The van der Waals surface area contributed by atoms with Crippen molar-refractivity contribution in [3.63, 3.8) is 0 Å². The summed E-state index contributed by atoms with van der Waals surface area (Å²) in [6.45, 7) is 2.30. The van der Waals surface area contributed by atoms with Crippen molar-refractivity contribution in [2.24, 2.45) is 5.73 Å². The smallest absolute Gasteiger partial charge is 0.234 e. The van der Waals surface area contributed by atoms with Gasteiger partial charge in [-0.05, 0) is 49.2 Å². The molecule has 0 bridgehead atoms. The number of furan rings is 1. The van der Waals surface area contributed by atoms with Crippen LogP contribution in [-0.2, 0) is 17.9 Å². The molecule has 0 spiro atoms. The predicted octanol–water partition coefficient (Wildman–Crippen LogP) is 3.49. The summed E-state index contributed by atoms with van der Waals surface area (Å²) in [5, 5.41) is 4.53. The van der Waals surface area contributed by atoms with Crippen molar-refractivity contribution in [2.75, 3.05) is 11.9 Å². The maximum Gasteiger partial charge on any atom is 0.234 e. The predicted molar refractivity (Wildman–Crippen MR) is 103 cm³/mol. The highest BCUT2D eigenvalue weighted by molar-refractivity contribution is 5.80. The van der Waals surface area contributed by atoms with Gasteiger partial charge in [0.25, 0.3) is 0 Å². The van der Waals surface area contributed by atoms with Crippen LogP contribution in [0.15, 0.2) is 59.0 Å². The topological polar surface area (TPSA) is 71.5 Å². The molecule has 2 aromatic carbocycles. The minimum atomic E-state index is -0.221. The number of nitrogens with one attached hydrogen (secondary N) is 1. The molecule has 5 nitrogen and oxygen atoms in total. The van der Waals surface area contributed by atoms with Crippen LogP contribution in [0.1, 0.15) is 24.2 Å². The van der Waals surface area contributed by atoms with Gasteiger partial charge in [-0.25, -0.2) is 0 Å². The second-order valence-corrected chi connectivity index (χ2v) is 6.84. The molecule has 0 radical (unpaired) electrons. The maximum atomic E-state index is 11.6. The highest BCUT2D eigenvalue weighted by Crippen LogP contribution is 2.22. The van der Waals surface area contributed by atoms with Gasteiger partial charge in [0.15, 0.2) is 0 Å². The Hall–Kier alpha value is -2.79. The summed E-state index contributed by atoms with van der Waals surface area (Å²) in [7, 11) is 0. The SMILES string of the molecule is NC(=O)[C@@H]1CCCN1Cc1cccc(NCc2cc3ccccc3o2)c1. The van der Waals surface area contributed by atoms with Gasteiger partial charge in [-0.1, -0.05) is 30.3 Å². The average Bonchev–Trinajstić information content (AvgIpc) is 3.26. The summed E-state index contributed by atoms with van der Waals surface area (Å²) in [5.41, 5.74) is 8.63. The first-order valence-corrected chi connectivity index (χ1v) is 9.03. The Morgan fingerprint density at radius 2 is 2.08 bits per heavy atom. The highest BCUT2D eigenvalue weighted by Gasteiger charge is 2.28. The molecule has 0 saturated carbocycles. The van der Waals surface area contributed by atoms with E-state index in [0.717, 1.165) is 48.3 Å². The molecule has 3 N–H and O–H groups in total. The molecule has 1 aromatic heterocycles. The second-order valence-electron chi connectivity index (χ2n) is 6.84. The van der Waals surface area contributed by atoms with Gasteiger partial charge < -0.3 is 15.5 Å². The molecule has 3 aromatic rings. The second kappa shape index (κ2) is 7.22. The number of anilines is 1. The zero-order chi connectivity index (χ0) is 17.9. The first-order chi connectivity index (χ1) is 12.7. The van der Waals surface area contributed by atoms with E-state index in [9.17, 15) is 4.79 Å². The number of hydrogen-bond donors (Lipinski definition) is 2. The van der Waals surface area contributed by atoms with Crippen LogP contribution in [0.3, 0.4) is 0 Å². The Kier molecular flexibility index (Phi) is 4.63. The maximum absolute atomic E-state index is 11.6. The number of nitrogens with zero attached hydrogens (tertiary/aromatic N) is 1. The zero-order valence-electron chi connectivity index (χ0n) is 14.7. The number of hydrogen-bond acceptors (Lipinski definition) is 4. The third-order valence-electron chi connectivity index (χ3n) is 4.95. The van der Waals surface area contributed by atoms with Gasteiger partial charge in [0.05, 0.1) is 12.6 Å². The van der Waals surface area contributed by atoms with Crippen molar-refractivity contribution in [1.29, 1.82) is 0 Å². The van der Waals surface area contributed by atoms with Gasteiger partial charge in [-0.15, -0.1) is 0 Å². The molecule has 1 fully saturated rings. The van der Waals surface area contributed by atoms with Crippen LogP contribution in [0.5, 0.6) is 0 Å². The largest absolute Gasteiger partial charge is 0.459 e. The fourth-order valence-corrected chi connectivity index (χ4v) is 3.66. The summed E-state index contributed by atoms with van der Waals surface area (Å²) in [5.74, 6) is 0.687. The summed E-state index contributed by atoms with van der Waals surface area (Å²) >= 11 is 0. The highest BCUT2D eigenvalue weighted by atomic mass is 16.3. The number of carbonyl (C=O) groups is 1. The normalized spacial score (nSPS) is 17.6. The third-order valence-corrected chi connectivity index (χ3v) is 4.95. The fourth-order valence-electron chi connectivity index (χ4n) is 3.66. The van der Waals surface area contributed by atoms with Gasteiger partial charge in [0.1, 0.15) is 11.3 Å². The van der Waals surface area contributed by atoms with E-state index in [1.165, 1.54) is 5.56 Å². The lowest BCUT2D eigenvalue weighted by Gasteiger charge is -2.22. The number of likely N-dealkylation sites (tertiary alicyclic amines) is 1. The van der Waals surface area contributed by atoms with E-state index >= 15 is 0 Å².